The number of aromatic amines is 1. The lowest BCUT2D eigenvalue weighted by Gasteiger charge is -2.20. The summed E-state index contributed by atoms with van der Waals surface area (Å²) in [6.07, 6.45) is 1.24. The summed E-state index contributed by atoms with van der Waals surface area (Å²) < 4.78 is 27.1. The maximum Gasteiger partial charge on any atom is 0.274 e. The average Bonchev–Trinajstić information content (AvgIpc) is 2.97. The van der Waals surface area contributed by atoms with Gasteiger partial charge in [0.05, 0.1) is 16.2 Å². The summed E-state index contributed by atoms with van der Waals surface area (Å²) in [7, 11) is -2.75. The number of hydrogen-bond acceptors (Lipinski definition) is 6. The van der Waals surface area contributed by atoms with Gasteiger partial charge in [0, 0.05) is 30.3 Å². The van der Waals surface area contributed by atoms with Gasteiger partial charge in [-0.15, -0.1) is 0 Å². The van der Waals surface area contributed by atoms with E-state index in [-0.39, 0.29) is 28.0 Å². The Bertz CT molecular complexity index is 1090. The molecule has 0 fully saturated rings. The smallest absolute Gasteiger partial charge is 0.274 e. The van der Waals surface area contributed by atoms with E-state index in [1.54, 1.807) is 19.1 Å². The van der Waals surface area contributed by atoms with Crippen molar-refractivity contribution in [2.75, 3.05) is 7.11 Å². The molecule has 9 heteroatoms. The molecule has 130 valence electrons. The van der Waals surface area contributed by atoms with E-state index in [2.05, 4.69) is 10.3 Å². The molecule has 1 aromatic heterocycles. The summed E-state index contributed by atoms with van der Waals surface area (Å²) in [6, 6.07) is 4.73. The Morgan fingerprint density at radius 2 is 2.04 bits per heavy atom. The van der Waals surface area contributed by atoms with Crippen LogP contribution >= 0.6 is 0 Å². The van der Waals surface area contributed by atoms with Crippen LogP contribution in [0.5, 0.6) is 0 Å². The molecule has 0 radical (unpaired) electrons. The van der Waals surface area contributed by atoms with Crippen LogP contribution in [0.2, 0.25) is 0 Å². The highest BCUT2D eigenvalue weighted by molar-refractivity contribution is 7.96. The molecule has 2 heterocycles. The van der Waals surface area contributed by atoms with Crippen LogP contribution < -0.4 is 5.56 Å². The molecule has 3 rings (SSSR count). The zero-order valence-corrected chi connectivity index (χ0v) is 14.4. The third-order valence-electron chi connectivity index (χ3n) is 4.01. The summed E-state index contributed by atoms with van der Waals surface area (Å²) in [6.45, 7) is 2.20. The van der Waals surface area contributed by atoms with E-state index in [1.807, 2.05) is 0 Å². The largest absolute Gasteiger partial charge is 0.399 e. The van der Waals surface area contributed by atoms with Gasteiger partial charge < -0.3 is 9.94 Å². The highest BCUT2D eigenvalue weighted by Gasteiger charge is 2.37. The molecule has 0 amide bonds. The number of fused-ring (bicyclic) bond motifs is 1. The van der Waals surface area contributed by atoms with Gasteiger partial charge in [-0.3, -0.25) is 9.48 Å². The van der Waals surface area contributed by atoms with Crippen LogP contribution in [0.4, 0.5) is 0 Å². The number of sulfone groups is 1. The zero-order valence-electron chi connectivity index (χ0n) is 13.6. The van der Waals surface area contributed by atoms with Crippen molar-refractivity contribution in [3.63, 3.8) is 0 Å². The van der Waals surface area contributed by atoms with Gasteiger partial charge in [0.1, 0.15) is 18.0 Å². The maximum atomic E-state index is 12.9. The van der Waals surface area contributed by atoms with Gasteiger partial charge in [-0.05, 0) is 6.92 Å². The lowest BCUT2D eigenvalue weighted by Crippen LogP contribution is -2.23. The lowest BCUT2D eigenvalue weighted by molar-refractivity contribution is 0.213. The number of aromatic nitrogens is 2. The van der Waals surface area contributed by atoms with Gasteiger partial charge >= 0.3 is 0 Å². The summed E-state index contributed by atoms with van der Waals surface area (Å²) in [5.41, 5.74) is 0.660. The molecular weight excluding hydrogens is 346 g/mol. The molecule has 0 bridgehead atoms. The molecule has 1 N–H and O–H groups in total. The molecular formula is C16H15N3O5S. The van der Waals surface area contributed by atoms with Crippen LogP contribution in [0.15, 0.2) is 44.1 Å². The summed E-state index contributed by atoms with van der Waals surface area (Å²) in [5.74, 6) is 1.48. The number of oxime groups is 1. The second kappa shape index (κ2) is 6.19. The lowest BCUT2D eigenvalue weighted by atomic mass is 10.0. The topological polar surface area (TPSA) is 111 Å². The number of H-pyrrole nitrogens is 1. The number of nitrogens with one attached hydrogen (secondary N) is 1. The minimum Gasteiger partial charge on any atom is -0.399 e. The summed E-state index contributed by atoms with van der Waals surface area (Å²) in [4.78, 5) is 27.8. The van der Waals surface area contributed by atoms with Crippen molar-refractivity contribution in [1.29, 1.82) is 0 Å². The van der Waals surface area contributed by atoms with E-state index < -0.39 is 14.7 Å². The fourth-order valence-electron chi connectivity index (χ4n) is 2.85. The Morgan fingerprint density at radius 1 is 1.32 bits per heavy atom. The normalized spacial score (nSPS) is 17.2. The Morgan fingerprint density at radius 3 is 2.64 bits per heavy atom. The first-order valence-corrected chi connectivity index (χ1v) is 8.95. The minimum absolute atomic E-state index is 0.130. The number of carbonyl (C=O) groups excluding carboxylic acids is 1. The number of aryl methyl sites for hydroxylation is 1. The monoisotopic (exact) mass is 361 g/mol. The van der Waals surface area contributed by atoms with Crippen molar-refractivity contribution in [2.24, 2.45) is 5.16 Å². The Kier molecular flexibility index (Phi) is 4.20. The van der Waals surface area contributed by atoms with Crippen molar-refractivity contribution < 1.29 is 18.0 Å². The van der Waals surface area contributed by atoms with Gasteiger partial charge in [0.15, 0.2) is 0 Å². The molecule has 1 aliphatic rings. The third kappa shape index (κ3) is 2.54. The number of rotatable bonds is 3. The van der Waals surface area contributed by atoms with Gasteiger partial charge in [-0.2, -0.15) is 0 Å². The van der Waals surface area contributed by atoms with Crippen LogP contribution in [0.3, 0.4) is 0 Å². The quantitative estimate of drug-likeness (QED) is 0.650. The van der Waals surface area contributed by atoms with Crippen LogP contribution in [0.25, 0.3) is 11.1 Å². The van der Waals surface area contributed by atoms with Crippen molar-refractivity contribution in [3.8, 4) is 11.1 Å². The molecule has 0 spiro atoms. The molecule has 0 saturated carbocycles. The van der Waals surface area contributed by atoms with Crippen molar-refractivity contribution in [1.82, 2.24) is 9.78 Å². The SMILES string of the molecule is CCn1[nH]cc(-c2cccc3c2S(=O)(=O)C(=C=O)CC3=NOC)c1=O. The molecule has 1 aromatic carbocycles. The van der Waals surface area contributed by atoms with E-state index in [0.717, 1.165) is 0 Å². The van der Waals surface area contributed by atoms with Crippen molar-refractivity contribution in [2.45, 2.75) is 24.8 Å². The van der Waals surface area contributed by atoms with Crippen molar-refractivity contribution in [3.05, 3.63) is 45.2 Å². The average molecular weight is 361 g/mol. The summed E-state index contributed by atoms with van der Waals surface area (Å²) >= 11 is 0. The van der Waals surface area contributed by atoms with E-state index in [9.17, 15) is 18.0 Å². The number of nitrogens with zero attached hydrogens (tertiary/aromatic N) is 2. The number of benzene rings is 1. The first kappa shape index (κ1) is 16.9. The molecule has 0 aliphatic carbocycles. The summed E-state index contributed by atoms with van der Waals surface area (Å²) in [5, 5.41) is 6.62. The first-order chi connectivity index (χ1) is 12.0. The van der Waals surface area contributed by atoms with Gasteiger partial charge in [-0.1, -0.05) is 23.4 Å². The third-order valence-corrected chi connectivity index (χ3v) is 5.86. The van der Waals surface area contributed by atoms with Crippen LogP contribution in [-0.4, -0.2) is 37.0 Å². The highest BCUT2D eigenvalue weighted by Crippen LogP contribution is 2.37. The molecule has 8 nitrogen and oxygen atoms in total. The van der Waals surface area contributed by atoms with E-state index >= 15 is 0 Å². The zero-order chi connectivity index (χ0) is 18.2. The number of allylic oxidation sites excluding steroid dienone is 1. The van der Waals surface area contributed by atoms with Crippen molar-refractivity contribution >= 4 is 21.5 Å². The Labute approximate surface area is 143 Å². The Hall–Kier alpha value is -2.90. The second-order valence-electron chi connectivity index (χ2n) is 5.34. The molecule has 0 atom stereocenters. The first-order valence-electron chi connectivity index (χ1n) is 7.46. The molecule has 0 unspecified atom stereocenters. The van der Waals surface area contributed by atoms with E-state index in [0.29, 0.717) is 17.8 Å². The molecule has 25 heavy (non-hydrogen) atoms. The second-order valence-corrected chi connectivity index (χ2v) is 7.25. The fraction of sp³-hybridized carbons (Fsp3) is 0.250. The van der Waals surface area contributed by atoms with Gasteiger partial charge in [0.25, 0.3) is 5.56 Å². The molecule has 2 aromatic rings. The standard InChI is InChI=1S/C16H15N3O5S/c1-3-19-16(21)13(8-17-19)11-5-4-6-12-14(18-24-2)7-10(9-20)25(22,23)15(11)12/h4-6,8,17H,3,7H2,1-2H3. The highest BCUT2D eigenvalue weighted by atomic mass is 32.2. The van der Waals surface area contributed by atoms with E-state index in [4.69, 9.17) is 4.84 Å². The number of hydrogen-bond donors (Lipinski definition) is 1. The maximum absolute atomic E-state index is 12.9. The van der Waals surface area contributed by atoms with Crippen LogP contribution in [0.1, 0.15) is 18.9 Å². The van der Waals surface area contributed by atoms with Crippen LogP contribution in [-0.2, 0) is 26.0 Å². The Balaban J connectivity index is 2.41. The molecule has 0 saturated heterocycles. The predicted octanol–water partition coefficient (Wildman–Crippen LogP) is 1.11. The van der Waals surface area contributed by atoms with Crippen LogP contribution in [0, 0.1) is 0 Å². The van der Waals surface area contributed by atoms with Gasteiger partial charge in [-0.25, -0.2) is 13.2 Å². The van der Waals surface area contributed by atoms with E-state index in [1.165, 1.54) is 30.0 Å². The van der Waals surface area contributed by atoms with Gasteiger partial charge in [0.2, 0.25) is 9.84 Å². The fourth-order valence-corrected chi connectivity index (χ4v) is 4.48. The predicted molar refractivity (Wildman–Crippen MR) is 90.7 cm³/mol. The molecule has 1 aliphatic heterocycles. The minimum atomic E-state index is -4.08.